The van der Waals surface area contributed by atoms with E-state index >= 15 is 0 Å². The number of phenolic OH excluding ortho intramolecular Hbond substituents is 1. The molecule has 4 aliphatic carbocycles. The molecule has 150 valence electrons. The summed E-state index contributed by atoms with van der Waals surface area (Å²) in [6, 6.07) is 13.1. The molecular formula is C25H27NO3. The molecule has 4 bridgehead atoms. The third kappa shape index (κ3) is 3.25. The lowest BCUT2D eigenvalue weighted by molar-refractivity contribution is -0.00520. The molecule has 1 N–H and O–H groups in total. The Morgan fingerprint density at radius 1 is 1.07 bits per heavy atom. The summed E-state index contributed by atoms with van der Waals surface area (Å²) >= 11 is 0. The van der Waals surface area contributed by atoms with E-state index in [2.05, 4.69) is 17.1 Å². The van der Waals surface area contributed by atoms with Crippen LogP contribution in [0.4, 0.5) is 5.69 Å². The minimum Gasteiger partial charge on any atom is -0.507 e. The molecule has 29 heavy (non-hydrogen) atoms. The SMILES string of the molecule is COC(=O)c1ccccc1N=Cc1cc(C23CC4CC(CC(C4)C2)C3)ccc1O. The van der Waals surface area contributed by atoms with E-state index in [1.165, 1.54) is 51.2 Å². The highest BCUT2D eigenvalue weighted by Gasteiger charge is 2.51. The number of hydrogen-bond acceptors (Lipinski definition) is 4. The molecule has 0 unspecified atom stereocenters. The summed E-state index contributed by atoms with van der Waals surface area (Å²) < 4.78 is 4.85. The number of rotatable bonds is 4. The van der Waals surface area contributed by atoms with Gasteiger partial charge in [0.2, 0.25) is 0 Å². The maximum absolute atomic E-state index is 12.0. The number of aliphatic imine (C=N–C) groups is 1. The van der Waals surface area contributed by atoms with Gasteiger partial charge in [0, 0.05) is 11.8 Å². The molecule has 0 amide bonds. The first-order valence-electron chi connectivity index (χ1n) is 10.6. The molecule has 4 fully saturated rings. The molecule has 0 aromatic heterocycles. The summed E-state index contributed by atoms with van der Waals surface area (Å²) in [6.45, 7) is 0. The number of phenols is 1. The van der Waals surface area contributed by atoms with Crippen molar-refractivity contribution in [2.75, 3.05) is 7.11 Å². The molecule has 4 heteroatoms. The number of benzene rings is 2. The van der Waals surface area contributed by atoms with E-state index in [1.54, 1.807) is 24.4 Å². The highest BCUT2D eigenvalue weighted by Crippen LogP contribution is 2.60. The predicted octanol–water partition coefficient (Wildman–Crippen LogP) is 5.40. The van der Waals surface area contributed by atoms with Crippen LogP contribution < -0.4 is 0 Å². The molecule has 0 saturated heterocycles. The summed E-state index contributed by atoms with van der Waals surface area (Å²) in [5, 5.41) is 10.4. The minimum atomic E-state index is -0.413. The normalized spacial score (nSPS) is 30.0. The molecule has 4 aliphatic rings. The van der Waals surface area contributed by atoms with Crippen molar-refractivity contribution < 1.29 is 14.6 Å². The van der Waals surface area contributed by atoms with Crippen LogP contribution in [0.25, 0.3) is 0 Å². The van der Waals surface area contributed by atoms with E-state index in [0.717, 1.165) is 17.8 Å². The van der Waals surface area contributed by atoms with Crippen LogP contribution in [0.3, 0.4) is 0 Å². The zero-order chi connectivity index (χ0) is 20.0. The average Bonchev–Trinajstić information content (AvgIpc) is 2.71. The first-order chi connectivity index (χ1) is 14.1. The Labute approximate surface area is 171 Å². The van der Waals surface area contributed by atoms with Crippen LogP contribution in [-0.2, 0) is 10.2 Å². The van der Waals surface area contributed by atoms with Gasteiger partial charge in [-0.05, 0) is 91.5 Å². The Morgan fingerprint density at radius 2 is 1.72 bits per heavy atom. The monoisotopic (exact) mass is 389 g/mol. The molecular weight excluding hydrogens is 362 g/mol. The lowest BCUT2D eigenvalue weighted by atomic mass is 9.48. The molecule has 2 aromatic rings. The van der Waals surface area contributed by atoms with Gasteiger partial charge in [0.05, 0.1) is 18.4 Å². The third-order valence-corrected chi connectivity index (χ3v) is 7.33. The number of hydrogen-bond donors (Lipinski definition) is 1. The van der Waals surface area contributed by atoms with Gasteiger partial charge in [0.15, 0.2) is 0 Å². The lowest BCUT2D eigenvalue weighted by Crippen LogP contribution is -2.48. The Hall–Kier alpha value is -2.62. The number of ether oxygens (including phenoxy) is 1. The fourth-order valence-electron chi connectivity index (χ4n) is 6.46. The molecule has 0 heterocycles. The Morgan fingerprint density at radius 3 is 2.38 bits per heavy atom. The van der Waals surface area contributed by atoms with Gasteiger partial charge in [-0.1, -0.05) is 18.2 Å². The molecule has 0 radical (unpaired) electrons. The van der Waals surface area contributed by atoms with Crippen molar-refractivity contribution in [3.8, 4) is 5.75 Å². The molecule has 6 rings (SSSR count). The van der Waals surface area contributed by atoms with Gasteiger partial charge >= 0.3 is 5.97 Å². The Kier molecular flexibility index (Phi) is 4.45. The average molecular weight is 389 g/mol. The second-order valence-corrected chi connectivity index (χ2v) is 9.24. The highest BCUT2D eigenvalue weighted by molar-refractivity contribution is 5.96. The zero-order valence-electron chi connectivity index (χ0n) is 16.8. The molecule has 0 atom stereocenters. The van der Waals surface area contributed by atoms with Crippen LogP contribution in [0.2, 0.25) is 0 Å². The number of aromatic hydroxyl groups is 1. The maximum atomic E-state index is 12.0. The second kappa shape index (κ2) is 7.01. The number of nitrogens with zero attached hydrogens (tertiary/aromatic N) is 1. The van der Waals surface area contributed by atoms with E-state index in [0.29, 0.717) is 16.8 Å². The van der Waals surface area contributed by atoms with Crippen LogP contribution in [0.5, 0.6) is 5.75 Å². The molecule has 0 spiro atoms. The fraction of sp³-hybridized carbons (Fsp3) is 0.440. The van der Waals surface area contributed by atoms with Gasteiger partial charge in [-0.2, -0.15) is 0 Å². The van der Waals surface area contributed by atoms with E-state index < -0.39 is 5.97 Å². The van der Waals surface area contributed by atoms with E-state index in [1.807, 2.05) is 12.1 Å². The van der Waals surface area contributed by atoms with Crippen molar-refractivity contribution in [2.45, 2.75) is 43.9 Å². The van der Waals surface area contributed by atoms with Crippen LogP contribution in [0, 0.1) is 17.8 Å². The first-order valence-corrected chi connectivity index (χ1v) is 10.6. The molecule has 2 aromatic carbocycles. The van der Waals surface area contributed by atoms with Crippen LogP contribution >= 0.6 is 0 Å². The third-order valence-electron chi connectivity index (χ3n) is 7.33. The summed E-state index contributed by atoms with van der Waals surface area (Å²) in [5.74, 6) is 2.43. The van der Waals surface area contributed by atoms with Crippen LogP contribution in [0.15, 0.2) is 47.5 Å². The minimum absolute atomic E-state index is 0.220. The van der Waals surface area contributed by atoms with E-state index in [-0.39, 0.29) is 11.2 Å². The topological polar surface area (TPSA) is 58.9 Å². The number of carbonyl (C=O) groups is 1. The lowest BCUT2D eigenvalue weighted by Gasteiger charge is -2.57. The Balaban J connectivity index is 1.47. The van der Waals surface area contributed by atoms with Crippen molar-refractivity contribution in [2.24, 2.45) is 22.7 Å². The maximum Gasteiger partial charge on any atom is 0.340 e. The van der Waals surface area contributed by atoms with Crippen molar-refractivity contribution in [1.29, 1.82) is 0 Å². The standard InChI is InChI=1S/C25H27NO3/c1-29-24(28)21-4-2-3-5-22(21)26-15-19-11-20(6-7-23(19)27)25-12-16-8-17(13-25)10-18(9-16)14-25/h2-7,11,15-18,27H,8-10,12-14H2,1H3. The highest BCUT2D eigenvalue weighted by atomic mass is 16.5. The van der Waals surface area contributed by atoms with Gasteiger partial charge in [-0.15, -0.1) is 0 Å². The zero-order valence-corrected chi connectivity index (χ0v) is 16.8. The number of methoxy groups -OCH3 is 1. The molecule has 0 aliphatic heterocycles. The van der Waals surface area contributed by atoms with Gasteiger partial charge in [0.25, 0.3) is 0 Å². The van der Waals surface area contributed by atoms with Gasteiger partial charge < -0.3 is 9.84 Å². The number of esters is 1. The quantitative estimate of drug-likeness (QED) is 0.563. The number of carbonyl (C=O) groups excluding carboxylic acids is 1. The van der Waals surface area contributed by atoms with E-state index in [9.17, 15) is 9.90 Å². The van der Waals surface area contributed by atoms with Crippen molar-refractivity contribution in [1.82, 2.24) is 0 Å². The summed E-state index contributed by atoms with van der Waals surface area (Å²) in [5.41, 5.74) is 3.28. The Bertz CT molecular complexity index is 942. The van der Waals surface area contributed by atoms with Crippen molar-refractivity contribution in [3.05, 3.63) is 59.2 Å². The van der Waals surface area contributed by atoms with Crippen LogP contribution in [-0.4, -0.2) is 24.4 Å². The number of para-hydroxylation sites is 1. The smallest absolute Gasteiger partial charge is 0.340 e. The van der Waals surface area contributed by atoms with E-state index in [4.69, 9.17) is 4.74 Å². The largest absolute Gasteiger partial charge is 0.507 e. The van der Waals surface area contributed by atoms with Gasteiger partial charge in [-0.3, -0.25) is 4.99 Å². The molecule has 4 saturated carbocycles. The van der Waals surface area contributed by atoms with Crippen molar-refractivity contribution >= 4 is 17.9 Å². The summed E-state index contributed by atoms with van der Waals surface area (Å²) in [4.78, 5) is 16.5. The molecule has 4 nitrogen and oxygen atoms in total. The summed E-state index contributed by atoms with van der Waals surface area (Å²) in [6.07, 6.45) is 9.76. The first kappa shape index (κ1) is 18.4. The van der Waals surface area contributed by atoms with Gasteiger partial charge in [0.1, 0.15) is 5.75 Å². The predicted molar refractivity (Wildman–Crippen MR) is 113 cm³/mol. The van der Waals surface area contributed by atoms with Crippen LogP contribution in [0.1, 0.15) is 60.0 Å². The van der Waals surface area contributed by atoms with Crippen molar-refractivity contribution in [3.63, 3.8) is 0 Å². The fourth-order valence-corrected chi connectivity index (χ4v) is 6.46. The van der Waals surface area contributed by atoms with Gasteiger partial charge in [-0.25, -0.2) is 4.79 Å². The summed E-state index contributed by atoms with van der Waals surface area (Å²) in [7, 11) is 1.36. The second-order valence-electron chi connectivity index (χ2n) is 9.24.